The van der Waals surface area contributed by atoms with Gasteiger partial charge in [-0.05, 0) is 24.1 Å². The largest absolute Gasteiger partial charge is 0.480 e. The second-order valence-corrected chi connectivity index (χ2v) is 7.16. The van der Waals surface area contributed by atoms with Gasteiger partial charge in [-0.2, -0.15) is 0 Å². The number of carbonyl (C=O) groups is 1. The monoisotopic (exact) mass is 400 g/mol. The molecule has 2 heterocycles. The van der Waals surface area contributed by atoms with Gasteiger partial charge in [0.05, 0.1) is 26.1 Å². The number of carbonyl (C=O) groups excluding carboxylic acids is 1. The normalized spacial score (nSPS) is 24.9. The van der Waals surface area contributed by atoms with Crippen LogP contribution in [0.4, 0.5) is 4.39 Å². The van der Waals surface area contributed by atoms with Gasteiger partial charge in [0.2, 0.25) is 5.88 Å². The Morgan fingerprint density at radius 2 is 2.17 bits per heavy atom. The zero-order valence-electron chi connectivity index (χ0n) is 16.1. The number of nitrogens with zero attached hydrogens (tertiary/aromatic N) is 3. The minimum absolute atomic E-state index is 0.0233. The lowest BCUT2D eigenvalue weighted by Crippen LogP contribution is -2.41. The number of hydrogen-bond acceptors (Lipinski definition) is 8. The van der Waals surface area contributed by atoms with Gasteiger partial charge in [0.15, 0.2) is 5.78 Å². The van der Waals surface area contributed by atoms with Crippen molar-refractivity contribution >= 4 is 11.8 Å². The number of fused-ring (bicyclic) bond motifs is 1. The Balaban J connectivity index is 1.65. The number of rotatable bonds is 7. The molecule has 0 amide bonds. The molecule has 0 radical (unpaired) electrons. The second kappa shape index (κ2) is 7.40. The molecular weight excluding hydrogens is 379 g/mol. The zero-order chi connectivity index (χ0) is 20.6. The highest BCUT2D eigenvalue weighted by Gasteiger charge is 2.59. The third kappa shape index (κ3) is 3.53. The van der Waals surface area contributed by atoms with Crippen LogP contribution in [0.15, 0.2) is 35.6 Å². The van der Waals surface area contributed by atoms with Crippen LogP contribution in [0.2, 0.25) is 0 Å². The molecule has 0 spiro atoms. The molecule has 2 aliphatic rings. The topological polar surface area (TPSA) is 109 Å². The minimum Gasteiger partial charge on any atom is -0.480 e. The van der Waals surface area contributed by atoms with Crippen LogP contribution in [0, 0.1) is 11.7 Å². The van der Waals surface area contributed by atoms with E-state index in [0.717, 1.165) is 6.42 Å². The van der Waals surface area contributed by atoms with Crippen molar-refractivity contribution in [1.29, 1.82) is 0 Å². The van der Waals surface area contributed by atoms with Crippen LogP contribution >= 0.6 is 0 Å². The second-order valence-electron chi connectivity index (χ2n) is 7.16. The molecule has 29 heavy (non-hydrogen) atoms. The summed E-state index contributed by atoms with van der Waals surface area (Å²) in [6, 6.07) is 4.59. The third-order valence-electron chi connectivity index (χ3n) is 5.28. The van der Waals surface area contributed by atoms with Crippen LogP contribution in [-0.4, -0.2) is 48.7 Å². The molecule has 0 bridgehead atoms. The first kappa shape index (κ1) is 19.3. The Hall–Kier alpha value is -3.07. The number of hydrogen-bond donors (Lipinski definition) is 1. The molecule has 0 unspecified atom stereocenters. The average molecular weight is 400 g/mol. The van der Waals surface area contributed by atoms with E-state index in [2.05, 4.69) is 15.0 Å². The summed E-state index contributed by atoms with van der Waals surface area (Å²) in [5.41, 5.74) is 6.06. The number of nitrogens with two attached hydrogens (primary N) is 1. The lowest BCUT2D eigenvalue weighted by atomic mass is 9.84. The number of aliphatic imine (C=N–C) groups is 1. The Morgan fingerprint density at radius 3 is 2.86 bits per heavy atom. The maximum absolute atomic E-state index is 14.9. The van der Waals surface area contributed by atoms with Crippen molar-refractivity contribution in [2.75, 3.05) is 20.8 Å². The van der Waals surface area contributed by atoms with Crippen molar-refractivity contribution in [1.82, 2.24) is 9.97 Å². The van der Waals surface area contributed by atoms with Crippen LogP contribution in [0.3, 0.4) is 0 Å². The van der Waals surface area contributed by atoms with Crippen molar-refractivity contribution in [3.8, 4) is 5.88 Å². The summed E-state index contributed by atoms with van der Waals surface area (Å²) in [7, 11) is 3.01. The lowest BCUT2D eigenvalue weighted by molar-refractivity contribution is 0.0896. The van der Waals surface area contributed by atoms with Crippen LogP contribution in [0.5, 0.6) is 5.88 Å². The Bertz CT molecular complexity index is 965. The van der Waals surface area contributed by atoms with Gasteiger partial charge in [0, 0.05) is 25.0 Å². The zero-order valence-corrected chi connectivity index (χ0v) is 16.1. The number of benzene rings is 1. The molecule has 0 saturated heterocycles. The summed E-state index contributed by atoms with van der Waals surface area (Å²) in [5.74, 6) is -0.367. The fraction of sp³-hybridized carbons (Fsp3) is 0.400. The van der Waals surface area contributed by atoms with Crippen molar-refractivity contribution in [2.45, 2.75) is 24.5 Å². The number of ketones is 1. The smallest absolute Gasteiger partial charge is 0.283 e. The molecule has 1 aromatic heterocycles. The van der Waals surface area contributed by atoms with Gasteiger partial charge in [-0.3, -0.25) is 4.79 Å². The van der Waals surface area contributed by atoms with Crippen molar-refractivity contribution < 1.29 is 23.4 Å². The van der Waals surface area contributed by atoms with Gasteiger partial charge in [-0.15, -0.1) is 0 Å². The molecule has 4 rings (SSSR count). The molecule has 1 aromatic carbocycles. The number of ether oxygens (including phenoxy) is 3. The highest BCUT2D eigenvalue weighted by molar-refractivity contribution is 5.95. The van der Waals surface area contributed by atoms with Crippen LogP contribution in [0.25, 0.3) is 0 Å². The molecule has 1 saturated carbocycles. The van der Waals surface area contributed by atoms with Crippen LogP contribution in [-0.2, 0) is 21.4 Å². The predicted molar refractivity (Wildman–Crippen MR) is 101 cm³/mol. The summed E-state index contributed by atoms with van der Waals surface area (Å²) < 4.78 is 30.6. The van der Waals surface area contributed by atoms with Gasteiger partial charge in [0.1, 0.15) is 23.2 Å². The van der Waals surface area contributed by atoms with Crippen LogP contribution < -0.4 is 10.5 Å². The Morgan fingerprint density at radius 1 is 1.34 bits per heavy atom. The summed E-state index contributed by atoms with van der Waals surface area (Å²) in [6.07, 6.45) is 3.40. The molecule has 9 heteroatoms. The maximum Gasteiger partial charge on any atom is 0.283 e. The van der Waals surface area contributed by atoms with E-state index in [1.165, 1.54) is 32.7 Å². The molecule has 152 valence electrons. The van der Waals surface area contributed by atoms with Gasteiger partial charge in [-0.1, -0.05) is 6.07 Å². The number of methoxy groups -OCH3 is 2. The summed E-state index contributed by atoms with van der Waals surface area (Å²) in [5, 5.41) is 0. The fourth-order valence-corrected chi connectivity index (χ4v) is 3.82. The number of amidine groups is 1. The summed E-state index contributed by atoms with van der Waals surface area (Å²) >= 11 is 0. The van der Waals surface area contributed by atoms with Crippen molar-refractivity contribution in [3.63, 3.8) is 0 Å². The van der Waals surface area contributed by atoms with E-state index >= 15 is 0 Å². The van der Waals surface area contributed by atoms with Crippen molar-refractivity contribution in [2.24, 2.45) is 16.6 Å². The first-order valence-electron chi connectivity index (χ1n) is 9.16. The van der Waals surface area contributed by atoms with E-state index in [9.17, 15) is 9.18 Å². The number of Topliss-reactive ketones (excluding diaryl/α,β-unsaturated/α-hetero) is 1. The van der Waals surface area contributed by atoms with Crippen molar-refractivity contribution in [3.05, 3.63) is 53.2 Å². The fourth-order valence-electron chi connectivity index (χ4n) is 3.82. The van der Waals surface area contributed by atoms with E-state index in [1.807, 2.05) is 0 Å². The van der Waals surface area contributed by atoms with Gasteiger partial charge >= 0.3 is 0 Å². The maximum atomic E-state index is 14.9. The van der Waals surface area contributed by atoms with E-state index in [4.69, 9.17) is 19.9 Å². The first-order valence-corrected chi connectivity index (χ1v) is 9.16. The Kier molecular flexibility index (Phi) is 4.91. The van der Waals surface area contributed by atoms with E-state index < -0.39 is 11.4 Å². The molecule has 2 N–H and O–H groups in total. The molecule has 1 aliphatic heterocycles. The summed E-state index contributed by atoms with van der Waals surface area (Å²) in [4.78, 5) is 25.1. The van der Waals surface area contributed by atoms with E-state index in [1.54, 1.807) is 12.1 Å². The standard InChI is InChI=1S/C20H21FN4O4/c1-27-10-20(13-7-17(13)29-19(22)25-20)12-5-11(3-4-14(12)21)6-16(26)15-8-24-18(28-2)9-23-15/h3-5,8-9,13,17H,6-7,10H2,1-2H3,(H2,22,25)/t13-,17+,20+/m1/s1. The quantitative estimate of drug-likeness (QED) is 0.704. The molecule has 1 aliphatic carbocycles. The number of halogens is 1. The van der Waals surface area contributed by atoms with Gasteiger partial charge < -0.3 is 19.9 Å². The van der Waals surface area contributed by atoms with E-state index in [0.29, 0.717) is 17.0 Å². The lowest BCUT2D eigenvalue weighted by Gasteiger charge is -2.33. The summed E-state index contributed by atoms with van der Waals surface area (Å²) in [6.45, 7) is 0.163. The van der Waals surface area contributed by atoms with E-state index in [-0.39, 0.29) is 42.5 Å². The average Bonchev–Trinajstić information content (AvgIpc) is 3.49. The van der Waals surface area contributed by atoms with Gasteiger partial charge in [0.25, 0.3) is 6.02 Å². The van der Waals surface area contributed by atoms with Gasteiger partial charge in [-0.25, -0.2) is 19.4 Å². The minimum atomic E-state index is -0.967. The molecule has 3 atom stereocenters. The van der Waals surface area contributed by atoms with Crippen LogP contribution in [0.1, 0.15) is 28.0 Å². The molecular formula is C20H21FN4O4. The molecule has 2 aromatic rings. The number of aromatic nitrogens is 2. The highest BCUT2D eigenvalue weighted by Crippen LogP contribution is 2.53. The molecule has 8 nitrogen and oxygen atoms in total. The third-order valence-corrected chi connectivity index (χ3v) is 5.28. The highest BCUT2D eigenvalue weighted by atomic mass is 19.1. The molecule has 1 fully saturated rings. The Labute approximate surface area is 166 Å². The first-order chi connectivity index (χ1) is 14.0. The predicted octanol–water partition coefficient (Wildman–Crippen LogP) is 1.62. The SMILES string of the molecule is COC[C@@]1(c2cc(CC(=O)c3cnc(OC)cn3)ccc2F)N=C(N)O[C@H]2C[C@H]21.